The Labute approximate surface area is 139 Å². The Morgan fingerprint density at radius 2 is 2.00 bits per heavy atom. The molecular formula is C17H20N4OS. The first-order valence-corrected chi connectivity index (χ1v) is 8.44. The second-order valence-corrected chi connectivity index (χ2v) is 6.44. The van der Waals surface area contributed by atoms with Crippen LogP contribution < -0.4 is 10.6 Å². The highest BCUT2D eigenvalue weighted by molar-refractivity contribution is 7.08. The number of aromatic nitrogens is 2. The van der Waals surface area contributed by atoms with Gasteiger partial charge < -0.3 is 15.2 Å². The van der Waals surface area contributed by atoms with E-state index in [1.54, 1.807) is 11.3 Å². The van der Waals surface area contributed by atoms with Crippen LogP contribution in [0.1, 0.15) is 22.5 Å². The van der Waals surface area contributed by atoms with Crippen LogP contribution in [0, 0.1) is 13.8 Å². The summed E-state index contributed by atoms with van der Waals surface area (Å²) in [7, 11) is 1.97. The molecule has 2 amide bonds. The molecule has 0 unspecified atom stereocenters. The zero-order valence-corrected chi connectivity index (χ0v) is 14.3. The SMILES string of the molecule is Cc1ccc2c(c1)nc(CNC(=O)NCc1cscc1C)n2C. The summed E-state index contributed by atoms with van der Waals surface area (Å²) in [5.41, 5.74) is 5.57. The number of hydrogen-bond acceptors (Lipinski definition) is 3. The van der Waals surface area contributed by atoms with Crippen LogP contribution in [0.2, 0.25) is 0 Å². The van der Waals surface area contributed by atoms with Gasteiger partial charge in [0.05, 0.1) is 17.6 Å². The summed E-state index contributed by atoms with van der Waals surface area (Å²) in [6.07, 6.45) is 0. The molecule has 0 atom stereocenters. The van der Waals surface area contributed by atoms with Crippen LogP contribution in [0.15, 0.2) is 29.0 Å². The number of rotatable bonds is 4. The molecule has 0 aliphatic rings. The number of thiophene rings is 1. The summed E-state index contributed by atoms with van der Waals surface area (Å²) in [6.45, 7) is 5.04. The molecule has 3 rings (SSSR count). The first-order valence-electron chi connectivity index (χ1n) is 7.50. The van der Waals surface area contributed by atoms with Gasteiger partial charge in [0.25, 0.3) is 0 Å². The van der Waals surface area contributed by atoms with Crippen molar-refractivity contribution in [3.63, 3.8) is 0 Å². The number of carbonyl (C=O) groups is 1. The fraction of sp³-hybridized carbons (Fsp3) is 0.294. The van der Waals surface area contributed by atoms with E-state index in [4.69, 9.17) is 0 Å². The van der Waals surface area contributed by atoms with Crippen LogP contribution in [0.4, 0.5) is 4.79 Å². The molecule has 0 saturated carbocycles. The molecule has 2 heterocycles. The monoisotopic (exact) mass is 328 g/mol. The number of nitrogens with zero attached hydrogens (tertiary/aromatic N) is 2. The maximum Gasteiger partial charge on any atom is 0.315 e. The molecule has 5 nitrogen and oxygen atoms in total. The van der Waals surface area contributed by atoms with E-state index in [0.717, 1.165) is 22.4 Å². The van der Waals surface area contributed by atoms with Crippen molar-refractivity contribution in [1.29, 1.82) is 0 Å². The van der Waals surface area contributed by atoms with Crippen molar-refractivity contribution in [3.8, 4) is 0 Å². The lowest BCUT2D eigenvalue weighted by atomic mass is 10.2. The van der Waals surface area contributed by atoms with E-state index >= 15 is 0 Å². The molecule has 23 heavy (non-hydrogen) atoms. The Morgan fingerprint density at radius 1 is 1.22 bits per heavy atom. The minimum absolute atomic E-state index is 0.182. The summed E-state index contributed by atoms with van der Waals surface area (Å²) < 4.78 is 2.01. The van der Waals surface area contributed by atoms with Gasteiger partial charge in [0.15, 0.2) is 0 Å². The van der Waals surface area contributed by atoms with E-state index in [1.807, 2.05) is 25.5 Å². The lowest BCUT2D eigenvalue weighted by molar-refractivity contribution is 0.240. The second kappa shape index (κ2) is 6.42. The van der Waals surface area contributed by atoms with Crippen LogP contribution in [0.3, 0.4) is 0 Å². The van der Waals surface area contributed by atoms with Crippen LogP contribution in [0.25, 0.3) is 11.0 Å². The smallest absolute Gasteiger partial charge is 0.315 e. The first kappa shape index (κ1) is 15.6. The maximum atomic E-state index is 11.9. The number of nitrogens with one attached hydrogen (secondary N) is 2. The Balaban J connectivity index is 1.60. The third kappa shape index (κ3) is 3.37. The van der Waals surface area contributed by atoms with Crippen LogP contribution in [-0.4, -0.2) is 15.6 Å². The van der Waals surface area contributed by atoms with E-state index in [0.29, 0.717) is 13.1 Å². The topological polar surface area (TPSA) is 59.0 Å². The Bertz CT molecular complexity index is 850. The quantitative estimate of drug-likeness (QED) is 0.772. The first-order chi connectivity index (χ1) is 11.0. The predicted octanol–water partition coefficient (Wildman–Crippen LogP) is 3.25. The van der Waals surface area contributed by atoms with Gasteiger partial charge in [-0.3, -0.25) is 0 Å². The van der Waals surface area contributed by atoms with E-state index in [2.05, 4.69) is 44.6 Å². The van der Waals surface area contributed by atoms with Gasteiger partial charge in [-0.2, -0.15) is 11.3 Å². The van der Waals surface area contributed by atoms with Gasteiger partial charge >= 0.3 is 6.03 Å². The van der Waals surface area contributed by atoms with Crippen LogP contribution in [0.5, 0.6) is 0 Å². The molecule has 6 heteroatoms. The van der Waals surface area contributed by atoms with Crippen molar-refractivity contribution in [2.24, 2.45) is 7.05 Å². The summed E-state index contributed by atoms with van der Waals surface area (Å²) in [5.74, 6) is 0.840. The molecule has 0 bridgehead atoms. The van der Waals surface area contributed by atoms with Crippen molar-refractivity contribution >= 4 is 28.4 Å². The molecule has 0 spiro atoms. The molecule has 3 aromatic rings. The van der Waals surface area contributed by atoms with Gasteiger partial charge in [-0.05, 0) is 53.4 Å². The number of amides is 2. The molecule has 0 fully saturated rings. The van der Waals surface area contributed by atoms with Gasteiger partial charge in [-0.25, -0.2) is 9.78 Å². The average molecular weight is 328 g/mol. The zero-order chi connectivity index (χ0) is 16.4. The molecular weight excluding hydrogens is 308 g/mol. The normalized spacial score (nSPS) is 10.9. The number of carbonyl (C=O) groups excluding carboxylic acids is 1. The molecule has 120 valence electrons. The molecule has 2 N–H and O–H groups in total. The maximum absolute atomic E-state index is 11.9. The Hall–Kier alpha value is -2.34. The van der Waals surface area contributed by atoms with E-state index < -0.39 is 0 Å². The number of imidazole rings is 1. The van der Waals surface area contributed by atoms with Gasteiger partial charge in [0, 0.05) is 13.6 Å². The minimum atomic E-state index is -0.182. The number of benzene rings is 1. The minimum Gasteiger partial charge on any atom is -0.334 e. The molecule has 1 aromatic carbocycles. The summed E-state index contributed by atoms with van der Waals surface area (Å²) in [5, 5.41) is 9.88. The lowest BCUT2D eigenvalue weighted by Crippen LogP contribution is -2.35. The standard InChI is InChI=1S/C17H20N4OS/c1-11-4-5-15-14(6-11)20-16(21(15)3)8-19-17(22)18-7-13-10-23-9-12(13)2/h4-6,9-10H,7-8H2,1-3H3,(H2,18,19,22). The van der Waals surface area contributed by atoms with Crippen LogP contribution >= 0.6 is 11.3 Å². The summed E-state index contributed by atoms with van der Waals surface area (Å²) in [6, 6.07) is 5.99. The summed E-state index contributed by atoms with van der Waals surface area (Å²) in [4.78, 5) is 16.5. The van der Waals surface area contributed by atoms with E-state index in [-0.39, 0.29) is 6.03 Å². The van der Waals surface area contributed by atoms with E-state index in [9.17, 15) is 4.79 Å². The number of hydrogen-bond donors (Lipinski definition) is 2. The molecule has 0 aliphatic carbocycles. The fourth-order valence-electron chi connectivity index (χ4n) is 2.48. The Morgan fingerprint density at radius 3 is 2.74 bits per heavy atom. The molecule has 0 saturated heterocycles. The van der Waals surface area contributed by atoms with Crippen LogP contribution in [-0.2, 0) is 20.1 Å². The van der Waals surface area contributed by atoms with Gasteiger partial charge in [-0.1, -0.05) is 6.07 Å². The van der Waals surface area contributed by atoms with Crippen molar-refractivity contribution < 1.29 is 4.79 Å². The molecule has 0 aliphatic heterocycles. The van der Waals surface area contributed by atoms with E-state index in [1.165, 1.54) is 11.1 Å². The number of fused-ring (bicyclic) bond motifs is 1. The van der Waals surface area contributed by atoms with Gasteiger partial charge in [0.1, 0.15) is 5.82 Å². The number of aryl methyl sites for hydroxylation is 3. The fourth-order valence-corrected chi connectivity index (χ4v) is 3.34. The van der Waals surface area contributed by atoms with Gasteiger partial charge in [-0.15, -0.1) is 0 Å². The second-order valence-electron chi connectivity index (χ2n) is 5.70. The lowest BCUT2D eigenvalue weighted by Gasteiger charge is -2.07. The Kier molecular flexibility index (Phi) is 4.34. The highest BCUT2D eigenvalue weighted by Crippen LogP contribution is 2.16. The third-order valence-electron chi connectivity index (χ3n) is 3.94. The zero-order valence-electron chi connectivity index (χ0n) is 13.5. The van der Waals surface area contributed by atoms with Gasteiger partial charge in [0.2, 0.25) is 0 Å². The van der Waals surface area contributed by atoms with Crippen molar-refractivity contribution in [2.45, 2.75) is 26.9 Å². The van der Waals surface area contributed by atoms with Crippen molar-refractivity contribution in [1.82, 2.24) is 20.2 Å². The highest BCUT2D eigenvalue weighted by atomic mass is 32.1. The molecule has 2 aromatic heterocycles. The predicted molar refractivity (Wildman–Crippen MR) is 93.6 cm³/mol. The highest BCUT2D eigenvalue weighted by Gasteiger charge is 2.09. The average Bonchev–Trinajstić information content (AvgIpc) is 3.06. The van der Waals surface area contributed by atoms with Crippen molar-refractivity contribution in [2.75, 3.05) is 0 Å². The van der Waals surface area contributed by atoms with Crippen molar-refractivity contribution in [3.05, 3.63) is 51.5 Å². The number of urea groups is 1. The molecule has 0 radical (unpaired) electrons. The largest absolute Gasteiger partial charge is 0.334 e. The third-order valence-corrected chi connectivity index (χ3v) is 4.85. The summed E-state index contributed by atoms with van der Waals surface area (Å²) >= 11 is 1.65.